The van der Waals surface area contributed by atoms with E-state index in [-0.39, 0.29) is 11.4 Å². The maximum atomic E-state index is 13.2. The second-order valence-electron chi connectivity index (χ2n) is 10.3. The maximum absolute atomic E-state index is 13.2. The van der Waals surface area contributed by atoms with Gasteiger partial charge in [-0.1, -0.05) is 65.0 Å². The number of nitrogens with zero attached hydrogens (tertiary/aromatic N) is 1. The highest BCUT2D eigenvalue weighted by Crippen LogP contribution is 2.37. The van der Waals surface area contributed by atoms with Crippen LogP contribution >= 0.6 is 0 Å². The third kappa shape index (κ3) is 6.12. The van der Waals surface area contributed by atoms with Gasteiger partial charge in [0.2, 0.25) is 0 Å². The van der Waals surface area contributed by atoms with Crippen molar-refractivity contribution in [3.63, 3.8) is 0 Å². The van der Waals surface area contributed by atoms with Crippen molar-refractivity contribution in [2.45, 2.75) is 71.1 Å². The van der Waals surface area contributed by atoms with Gasteiger partial charge in [0.05, 0.1) is 7.11 Å². The van der Waals surface area contributed by atoms with Gasteiger partial charge in [0.1, 0.15) is 5.75 Å². The Morgan fingerprint density at radius 2 is 1.65 bits per heavy atom. The number of rotatable bonds is 9. The largest absolute Gasteiger partial charge is 0.497 e. The minimum Gasteiger partial charge on any atom is -0.497 e. The molecule has 34 heavy (non-hydrogen) atoms. The molecule has 5 heteroatoms. The van der Waals surface area contributed by atoms with Gasteiger partial charge in [0.25, 0.3) is 0 Å². The molecule has 3 rings (SSSR count). The number of carbonyl (C=O) groups excluding carboxylic acids is 1. The molecule has 1 aliphatic heterocycles. The molecule has 0 saturated carbocycles. The van der Waals surface area contributed by atoms with Gasteiger partial charge >= 0.3 is 6.03 Å². The lowest BCUT2D eigenvalue weighted by Gasteiger charge is -2.42. The van der Waals surface area contributed by atoms with E-state index in [0.29, 0.717) is 18.4 Å². The quantitative estimate of drug-likeness (QED) is 0.444. The van der Waals surface area contributed by atoms with Gasteiger partial charge in [0, 0.05) is 17.6 Å². The highest BCUT2D eigenvalue weighted by Gasteiger charge is 2.36. The topological polar surface area (TPSA) is 53.6 Å². The van der Waals surface area contributed by atoms with Crippen molar-refractivity contribution in [2.24, 2.45) is 0 Å². The number of nitrogens with one attached hydrogen (secondary N) is 2. The summed E-state index contributed by atoms with van der Waals surface area (Å²) >= 11 is 0. The number of amides is 2. The van der Waals surface area contributed by atoms with Crippen LogP contribution in [0.15, 0.2) is 42.5 Å². The van der Waals surface area contributed by atoms with E-state index in [1.165, 1.54) is 23.1 Å². The standard InChI is InChI=1S/C29H43N3O2/c1-7-16-32-17-14-29(15-18-32,23-10-8-11-24(19-23)34-6)20-30-28(33)31-27-25(21(2)3)12-9-13-26(27)22(4)5/h8-13,19,21-22H,7,14-18,20H2,1-6H3,(H2,30,31,33). The summed E-state index contributed by atoms with van der Waals surface area (Å²) in [6, 6.07) is 14.6. The number of ether oxygens (including phenoxy) is 1. The molecule has 0 spiro atoms. The van der Waals surface area contributed by atoms with Crippen molar-refractivity contribution >= 4 is 11.7 Å². The Labute approximate surface area is 206 Å². The van der Waals surface area contributed by atoms with Crippen molar-refractivity contribution in [3.8, 4) is 5.75 Å². The molecule has 0 bridgehead atoms. The zero-order valence-corrected chi connectivity index (χ0v) is 21.9. The van der Waals surface area contributed by atoms with E-state index in [2.05, 4.69) is 86.6 Å². The first-order valence-corrected chi connectivity index (χ1v) is 12.8. The molecule has 2 aromatic rings. The predicted octanol–water partition coefficient (Wildman–Crippen LogP) is 6.51. The second kappa shape index (κ2) is 11.7. The van der Waals surface area contributed by atoms with Crippen LogP contribution in [-0.4, -0.2) is 44.2 Å². The molecule has 1 heterocycles. The number of anilines is 1. The highest BCUT2D eigenvalue weighted by molar-refractivity contribution is 5.91. The van der Waals surface area contributed by atoms with E-state index in [9.17, 15) is 4.79 Å². The summed E-state index contributed by atoms with van der Waals surface area (Å²) in [5, 5.41) is 6.46. The van der Waals surface area contributed by atoms with Crippen LogP contribution in [0.1, 0.15) is 82.4 Å². The number of likely N-dealkylation sites (tertiary alicyclic amines) is 1. The number of hydrogen-bond donors (Lipinski definition) is 2. The molecule has 1 saturated heterocycles. The molecule has 5 nitrogen and oxygen atoms in total. The van der Waals surface area contributed by atoms with Crippen molar-refractivity contribution in [2.75, 3.05) is 38.6 Å². The lowest BCUT2D eigenvalue weighted by Crippen LogP contribution is -2.49. The zero-order valence-electron chi connectivity index (χ0n) is 21.9. The van der Waals surface area contributed by atoms with Crippen LogP contribution < -0.4 is 15.4 Å². The van der Waals surface area contributed by atoms with E-state index in [1.807, 2.05) is 6.07 Å². The molecule has 0 unspecified atom stereocenters. The maximum Gasteiger partial charge on any atom is 0.319 e. The van der Waals surface area contributed by atoms with E-state index in [0.717, 1.165) is 43.9 Å². The van der Waals surface area contributed by atoms with Crippen molar-refractivity contribution < 1.29 is 9.53 Å². The molecule has 0 aromatic heterocycles. The number of methoxy groups -OCH3 is 1. The first kappa shape index (κ1) is 26.1. The number of benzene rings is 2. The highest BCUT2D eigenvalue weighted by atomic mass is 16.5. The normalized spacial score (nSPS) is 16.0. The summed E-state index contributed by atoms with van der Waals surface area (Å²) in [6.07, 6.45) is 3.20. The summed E-state index contributed by atoms with van der Waals surface area (Å²) < 4.78 is 5.52. The fourth-order valence-electron chi connectivity index (χ4n) is 5.14. The molecule has 1 fully saturated rings. The van der Waals surface area contributed by atoms with E-state index >= 15 is 0 Å². The van der Waals surface area contributed by atoms with Crippen LogP contribution in [0.4, 0.5) is 10.5 Å². The van der Waals surface area contributed by atoms with Gasteiger partial charge in [-0.25, -0.2) is 4.79 Å². The number of carbonyl (C=O) groups is 1. The first-order chi connectivity index (χ1) is 16.3. The molecule has 0 atom stereocenters. The van der Waals surface area contributed by atoms with Gasteiger partial charge in [-0.05, 0) is 79.6 Å². The van der Waals surface area contributed by atoms with E-state index < -0.39 is 0 Å². The third-order valence-corrected chi connectivity index (χ3v) is 7.23. The summed E-state index contributed by atoms with van der Waals surface area (Å²) in [7, 11) is 1.71. The summed E-state index contributed by atoms with van der Waals surface area (Å²) in [4.78, 5) is 15.7. The fourth-order valence-corrected chi connectivity index (χ4v) is 5.14. The van der Waals surface area contributed by atoms with Crippen LogP contribution in [0.3, 0.4) is 0 Å². The number of urea groups is 1. The Hall–Kier alpha value is -2.53. The van der Waals surface area contributed by atoms with Crippen LogP contribution in [-0.2, 0) is 5.41 Å². The fraction of sp³-hybridized carbons (Fsp3) is 0.552. The number of para-hydroxylation sites is 1. The van der Waals surface area contributed by atoms with Crippen LogP contribution in [0.5, 0.6) is 5.75 Å². The molecular weight excluding hydrogens is 422 g/mol. The third-order valence-electron chi connectivity index (χ3n) is 7.23. The Kier molecular flexibility index (Phi) is 9.01. The molecule has 2 amide bonds. The Balaban J connectivity index is 1.80. The average molecular weight is 466 g/mol. The summed E-state index contributed by atoms with van der Waals surface area (Å²) in [5.74, 6) is 1.53. The molecule has 2 N–H and O–H groups in total. The smallest absolute Gasteiger partial charge is 0.319 e. The van der Waals surface area contributed by atoms with Gasteiger partial charge in [0.15, 0.2) is 0 Å². The molecule has 1 aliphatic rings. The Morgan fingerprint density at radius 1 is 1.03 bits per heavy atom. The van der Waals surface area contributed by atoms with E-state index in [1.54, 1.807) is 7.11 Å². The Bertz CT molecular complexity index is 920. The van der Waals surface area contributed by atoms with Crippen molar-refractivity contribution in [1.29, 1.82) is 0 Å². The predicted molar refractivity (Wildman–Crippen MR) is 142 cm³/mol. The molecule has 0 aliphatic carbocycles. The molecule has 186 valence electrons. The minimum absolute atomic E-state index is 0.103. The van der Waals surface area contributed by atoms with Gasteiger partial charge in [-0.15, -0.1) is 0 Å². The zero-order chi connectivity index (χ0) is 24.7. The molecule has 0 radical (unpaired) electrons. The van der Waals surface area contributed by atoms with Gasteiger partial charge < -0.3 is 20.3 Å². The first-order valence-electron chi connectivity index (χ1n) is 12.8. The summed E-state index contributed by atoms with van der Waals surface area (Å²) in [5.41, 5.74) is 4.45. The van der Waals surface area contributed by atoms with Crippen LogP contribution in [0.2, 0.25) is 0 Å². The van der Waals surface area contributed by atoms with Gasteiger partial charge in [-0.2, -0.15) is 0 Å². The van der Waals surface area contributed by atoms with Crippen LogP contribution in [0, 0.1) is 0 Å². The van der Waals surface area contributed by atoms with E-state index in [4.69, 9.17) is 4.74 Å². The average Bonchev–Trinajstić information content (AvgIpc) is 2.84. The Morgan fingerprint density at radius 3 is 2.21 bits per heavy atom. The lowest BCUT2D eigenvalue weighted by molar-refractivity contribution is 0.157. The second-order valence-corrected chi connectivity index (χ2v) is 10.3. The van der Waals surface area contributed by atoms with Crippen molar-refractivity contribution in [1.82, 2.24) is 10.2 Å². The van der Waals surface area contributed by atoms with Gasteiger partial charge in [-0.3, -0.25) is 0 Å². The minimum atomic E-state index is -0.131. The lowest BCUT2D eigenvalue weighted by atomic mass is 9.72. The van der Waals surface area contributed by atoms with Crippen LogP contribution in [0.25, 0.3) is 0 Å². The number of hydrogen-bond acceptors (Lipinski definition) is 3. The molecule has 2 aromatic carbocycles. The number of piperidine rings is 1. The van der Waals surface area contributed by atoms with Crippen molar-refractivity contribution in [3.05, 3.63) is 59.2 Å². The SMILES string of the molecule is CCCN1CCC(CNC(=O)Nc2c(C(C)C)cccc2C(C)C)(c2cccc(OC)c2)CC1. The summed E-state index contributed by atoms with van der Waals surface area (Å²) in [6.45, 7) is 14.7. The molecular formula is C29H43N3O2. The monoisotopic (exact) mass is 465 g/mol.